The lowest BCUT2D eigenvalue weighted by molar-refractivity contribution is -0.111. The Hall–Kier alpha value is -0.0800. The van der Waals surface area contributed by atoms with Crippen molar-refractivity contribution in [2.45, 2.75) is 52.5 Å². The fraction of sp³-hybridized carbons (Fsp3) is 1.00. The summed E-state index contributed by atoms with van der Waals surface area (Å²) in [6.45, 7) is 12.9. The van der Waals surface area contributed by atoms with Gasteiger partial charge in [0.15, 0.2) is 0 Å². The summed E-state index contributed by atoms with van der Waals surface area (Å²) < 4.78 is 0. The molecule has 13 heavy (non-hydrogen) atoms. The molecule has 0 aromatic rings. The Kier molecular flexibility index (Phi) is 3.74. The first-order chi connectivity index (χ1) is 6.05. The Morgan fingerprint density at radius 3 is 2.23 bits per heavy atom. The average Bonchev–Trinajstić information content (AvgIpc) is 2.04. The third kappa shape index (κ3) is 2.96. The lowest BCUT2D eigenvalue weighted by Crippen LogP contribution is -2.56. The molecule has 0 saturated carbocycles. The van der Waals surface area contributed by atoms with Crippen molar-refractivity contribution in [2.75, 3.05) is 19.6 Å². The van der Waals surface area contributed by atoms with Crippen molar-refractivity contribution in [2.24, 2.45) is 0 Å². The minimum absolute atomic E-state index is 0.301. The zero-order chi connectivity index (χ0) is 9.90. The first-order valence-corrected chi connectivity index (χ1v) is 5.58. The zero-order valence-corrected chi connectivity index (χ0v) is 9.64. The van der Waals surface area contributed by atoms with E-state index in [9.17, 15) is 0 Å². The van der Waals surface area contributed by atoms with Crippen molar-refractivity contribution in [3.05, 3.63) is 0 Å². The Balaban J connectivity index is 2.56. The second-order valence-electron chi connectivity index (χ2n) is 4.95. The second kappa shape index (κ2) is 4.43. The summed E-state index contributed by atoms with van der Waals surface area (Å²) in [5, 5.41) is 5.07. The third-order valence-corrected chi connectivity index (χ3v) is 2.63. The SMILES string of the molecule is CCCN1CCCCN1C(C)(C)C. The van der Waals surface area contributed by atoms with Gasteiger partial charge in [0, 0.05) is 25.2 Å². The molecule has 0 bridgehead atoms. The molecule has 0 spiro atoms. The van der Waals surface area contributed by atoms with Crippen LogP contribution < -0.4 is 0 Å². The van der Waals surface area contributed by atoms with Gasteiger partial charge in [0.2, 0.25) is 0 Å². The fourth-order valence-corrected chi connectivity index (χ4v) is 2.07. The van der Waals surface area contributed by atoms with Crippen LogP contribution in [-0.2, 0) is 0 Å². The molecule has 0 N–H and O–H groups in total. The van der Waals surface area contributed by atoms with E-state index < -0.39 is 0 Å². The summed E-state index contributed by atoms with van der Waals surface area (Å²) in [7, 11) is 0. The van der Waals surface area contributed by atoms with Gasteiger partial charge in [0.25, 0.3) is 0 Å². The second-order valence-corrected chi connectivity index (χ2v) is 4.95. The average molecular weight is 184 g/mol. The van der Waals surface area contributed by atoms with E-state index in [1.165, 1.54) is 38.9 Å². The van der Waals surface area contributed by atoms with Gasteiger partial charge in [-0.15, -0.1) is 0 Å². The van der Waals surface area contributed by atoms with Gasteiger partial charge in [-0.05, 0) is 40.0 Å². The normalized spacial score (nSPS) is 22.2. The molecule has 1 heterocycles. The highest BCUT2D eigenvalue weighted by atomic mass is 15.6. The van der Waals surface area contributed by atoms with Gasteiger partial charge in [-0.3, -0.25) is 0 Å². The minimum atomic E-state index is 0.301. The minimum Gasteiger partial charge on any atom is -0.241 e. The molecule has 2 heteroatoms. The first-order valence-electron chi connectivity index (χ1n) is 5.58. The Morgan fingerprint density at radius 2 is 1.69 bits per heavy atom. The predicted octanol–water partition coefficient (Wildman–Crippen LogP) is 2.51. The maximum Gasteiger partial charge on any atom is 0.0272 e. The largest absolute Gasteiger partial charge is 0.241 e. The van der Waals surface area contributed by atoms with Crippen LogP contribution in [0.2, 0.25) is 0 Å². The monoisotopic (exact) mass is 184 g/mol. The van der Waals surface area contributed by atoms with E-state index in [0.717, 1.165) is 0 Å². The topological polar surface area (TPSA) is 6.48 Å². The summed E-state index contributed by atoms with van der Waals surface area (Å²) in [6.07, 6.45) is 3.98. The Morgan fingerprint density at radius 1 is 1.08 bits per heavy atom. The van der Waals surface area contributed by atoms with E-state index in [1.807, 2.05) is 0 Å². The molecular weight excluding hydrogens is 160 g/mol. The molecule has 1 aliphatic heterocycles. The standard InChI is InChI=1S/C11H24N2/c1-5-8-12-9-6-7-10-13(12)11(2,3)4/h5-10H2,1-4H3. The van der Waals surface area contributed by atoms with Crippen molar-refractivity contribution < 1.29 is 0 Å². The smallest absolute Gasteiger partial charge is 0.0272 e. The summed E-state index contributed by atoms with van der Waals surface area (Å²) in [4.78, 5) is 0. The molecule has 0 aromatic carbocycles. The van der Waals surface area contributed by atoms with Crippen LogP contribution in [0.4, 0.5) is 0 Å². The van der Waals surface area contributed by atoms with Crippen LogP contribution in [0.1, 0.15) is 47.0 Å². The van der Waals surface area contributed by atoms with Gasteiger partial charge in [0.05, 0.1) is 0 Å². The van der Waals surface area contributed by atoms with Crippen molar-refractivity contribution in [3.63, 3.8) is 0 Å². The van der Waals surface area contributed by atoms with Crippen LogP contribution in [0.25, 0.3) is 0 Å². The third-order valence-electron chi connectivity index (χ3n) is 2.63. The number of nitrogens with zero attached hydrogens (tertiary/aromatic N) is 2. The molecule has 2 nitrogen and oxygen atoms in total. The fourth-order valence-electron chi connectivity index (χ4n) is 2.07. The predicted molar refractivity (Wildman–Crippen MR) is 57.6 cm³/mol. The molecule has 1 fully saturated rings. The van der Waals surface area contributed by atoms with Gasteiger partial charge in [-0.2, -0.15) is 0 Å². The van der Waals surface area contributed by atoms with E-state index in [0.29, 0.717) is 5.54 Å². The van der Waals surface area contributed by atoms with Crippen molar-refractivity contribution in [3.8, 4) is 0 Å². The first kappa shape index (κ1) is 11.0. The molecule has 78 valence electrons. The quantitative estimate of drug-likeness (QED) is 0.650. The van der Waals surface area contributed by atoms with Gasteiger partial charge in [-0.1, -0.05) is 6.92 Å². The van der Waals surface area contributed by atoms with Crippen LogP contribution in [0.15, 0.2) is 0 Å². The molecule has 0 radical (unpaired) electrons. The van der Waals surface area contributed by atoms with E-state index in [4.69, 9.17) is 0 Å². The van der Waals surface area contributed by atoms with Crippen LogP contribution in [0.5, 0.6) is 0 Å². The molecule has 0 aromatic heterocycles. The van der Waals surface area contributed by atoms with Crippen LogP contribution in [0.3, 0.4) is 0 Å². The van der Waals surface area contributed by atoms with Crippen molar-refractivity contribution >= 4 is 0 Å². The van der Waals surface area contributed by atoms with Crippen molar-refractivity contribution in [1.82, 2.24) is 10.0 Å². The molecule has 0 unspecified atom stereocenters. The molecule has 1 rings (SSSR count). The van der Waals surface area contributed by atoms with Crippen LogP contribution in [0, 0.1) is 0 Å². The number of hydrogen-bond donors (Lipinski definition) is 0. The van der Waals surface area contributed by atoms with E-state index in [-0.39, 0.29) is 0 Å². The van der Waals surface area contributed by atoms with E-state index in [2.05, 4.69) is 37.7 Å². The lowest BCUT2D eigenvalue weighted by Gasteiger charge is -2.46. The van der Waals surface area contributed by atoms with E-state index in [1.54, 1.807) is 0 Å². The number of hydrogen-bond acceptors (Lipinski definition) is 2. The summed E-state index contributed by atoms with van der Waals surface area (Å²) in [6, 6.07) is 0. The van der Waals surface area contributed by atoms with E-state index >= 15 is 0 Å². The summed E-state index contributed by atoms with van der Waals surface area (Å²) >= 11 is 0. The zero-order valence-electron chi connectivity index (χ0n) is 9.64. The number of rotatable bonds is 2. The maximum atomic E-state index is 2.54. The van der Waals surface area contributed by atoms with Crippen molar-refractivity contribution in [1.29, 1.82) is 0 Å². The molecule has 1 saturated heterocycles. The van der Waals surface area contributed by atoms with Gasteiger partial charge >= 0.3 is 0 Å². The molecule has 1 aliphatic rings. The highest BCUT2D eigenvalue weighted by Gasteiger charge is 2.28. The molecule has 0 atom stereocenters. The lowest BCUT2D eigenvalue weighted by atomic mass is 10.1. The van der Waals surface area contributed by atoms with Crippen LogP contribution >= 0.6 is 0 Å². The van der Waals surface area contributed by atoms with Gasteiger partial charge in [0.1, 0.15) is 0 Å². The van der Waals surface area contributed by atoms with Gasteiger partial charge in [-0.25, -0.2) is 10.0 Å². The Labute approximate surface area is 82.9 Å². The molecular formula is C11H24N2. The highest BCUT2D eigenvalue weighted by molar-refractivity contribution is 4.77. The highest BCUT2D eigenvalue weighted by Crippen LogP contribution is 2.21. The summed E-state index contributed by atoms with van der Waals surface area (Å²) in [5.74, 6) is 0. The maximum absolute atomic E-state index is 2.54. The number of hydrazine groups is 1. The van der Waals surface area contributed by atoms with Crippen LogP contribution in [-0.4, -0.2) is 35.2 Å². The Bertz CT molecular complexity index is 147. The molecule has 0 aliphatic carbocycles. The summed E-state index contributed by atoms with van der Waals surface area (Å²) in [5.41, 5.74) is 0.301. The van der Waals surface area contributed by atoms with Gasteiger partial charge < -0.3 is 0 Å². The molecule has 0 amide bonds.